The van der Waals surface area contributed by atoms with E-state index in [4.69, 9.17) is 4.74 Å². The molecule has 0 unspecified atom stereocenters. The van der Waals surface area contributed by atoms with Gasteiger partial charge in [0.05, 0.1) is 9.80 Å². The lowest BCUT2D eigenvalue weighted by molar-refractivity contribution is -0.385. The second kappa shape index (κ2) is 9.88. The lowest BCUT2D eigenvalue weighted by atomic mass is 10.2. The number of hydrogen-bond acceptors (Lipinski definition) is 6. The molecule has 0 N–H and O–H groups in total. The second-order valence-electron chi connectivity index (χ2n) is 7.49. The Balaban J connectivity index is 1.31. The van der Waals surface area contributed by atoms with Crippen molar-refractivity contribution in [1.82, 2.24) is 9.80 Å². The Kier molecular flexibility index (Phi) is 6.77. The van der Waals surface area contributed by atoms with E-state index in [9.17, 15) is 19.3 Å². The van der Waals surface area contributed by atoms with Crippen LogP contribution in [0.3, 0.4) is 0 Å². The van der Waals surface area contributed by atoms with Crippen molar-refractivity contribution in [3.63, 3.8) is 0 Å². The molecule has 0 spiro atoms. The fourth-order valence-electron chi connectivity index (χ4n) is 3.59. The van der Waals surface area contributed by atoms with Gasteiger partial charge in [0.1, 0.15) is 12.4 Å². The van der Waals surface area contributed by atoms with E-state index in [-0.39, 0.29) is 29.8 Å². The van der Waals surface area contributed by atoms with Crippen LogP contribution in [0.4, 0.5) is 10.1 Å². The van der Waals surface area contributed by atoms with Crippen LogP contribution in [0.15, 0.2) is 60.0 Å². The number of hydrogen-bond donors (Lipinski definition) is 0. The highest BCUT2D eigenvalue weighted by atomic mass is 32.1. The molecule has 1 aliphatic heterocycles. The molecule has 1 saturated heterocycles. The predicted molar refractivity (Wildman–Crippen MR) is 119 cm³/mol. The van der Waals surface area contributed by atoms with E-state index in [1.54, 1.807) is 41.3 Å². The molecule has 1 amide bonds. The third-order valence-corrected chi connectivity index (χ3v) is 6.30. The van der Waals surface area contributed by atoms with Crippen molar-refractivity contribution in [2.75, 3.05) is 26.2 Å². The molecule has 2 heterocycles. The molecule has 166 valence electrons. The predicted octanol–water partition coefficient (Wildman–Crippen LogP) is 4.33. The molecule has 1 aliphatic rings. The van der Waals surface area contributed by atoms with Crippen LogP contribution in [0, 0.1) is 15.9 Å². The van der Waals surface area contributed by atoms with Crippen LogP contribution in [0.2, 0.25) is 0 Å². The monoisotopic (exact) mass is 455 g/mol. The summed E-state index contributed by atoms with van der Waals surface area (Å²) in [5.74, 6) is -0.0554. The van der Waals surface area contributed by atoms with E-state index in [0.29, 0.717) is 43.2 Å². The van der Waals surface area contributed by atoms with Crippen molar-refractivity contribution in [2.24, 2.45) is 0 Å². The summed E-state index contributed by atoms with van der Waals surface area (Å²) in [6, 6.07) is 14.7. The zero-order valence-corrected chi connectivity index (χ0v) is 18.1. The van der Waals surface area contributed by atoms with Crippen molar-refractivity contribution in [2.45, 2.75) is 13.2 Å². The SMILES string of the molecule is O=C(c1cc(COc2ccccc2[N+](=O)[O-])cs1)N1CCN(Cc2ccccc2F)CC1. The average Bonchev–Trinajstić information content (AvgIpc) is 3.28. The quantitative estimate of drug-likeness (QED) is 0.392. The van der Waals surface area contributed by atoms with Crippen LogP contribution in [0.25, 0.3) is 0 Å². The number of rotatable bonds is 7. The van der Waals surface area contributed by atoms with Gasteiger partial charge in [-0.2, -0.15) is 0 Å². The minimum atomic E-state index is -0.482. The molecule has 0 atom stereocenters. The third-order valence-electron chi connectivity index (χ3n) is 5.33. The maximum atomic E-state index is 13.9. The van der Waals surface area contributed by atoms with Crippen LogP contribution >= 0.6 is 11.3 Å². The van der Waals surface area contributed by atoms with Crippen molar-refractivity contribution in [3.05, 3.63) is 91.9 Å². The number of thiophene rings is 1. The fraction of sp³-hybridized carbons (Fsp3) is 0.261. The van der Waals surface area contributed by atoms with Gasteiger partial charge in [-0.25, -0.2) is 4.39 Å². The van der Waals surface area contributed by atoms with E-state index in [1.165, 1.54) is 23.5 Å². The van der Waals surface area contributed by atoms with Gasteiger partial charge in [-0.15, -0.1) is 11.3 Å². The van der Waals surface area contributed by atoms with E-state index >= 15 is 0 Å². The first-order valence-electron chi connectivity index (χ1n) is 10.2. The van der Waals surface area contributed by atoms with E-state index < -0.39 is 4.92 Å². The van der Waals surface area contributed by atoms with Crippen molar-refractivity contribution >= 4 is 22.9 Å². The number of nitro groups is 1. The molecule has 2 aromatic carbocycles. The summed E-state index contributed by atoms with van der Waals surface area (Å²) >= 11 is 1.33. The number of piperazine rings is 1. The maximum absolute atomic E-state index is 13.9. The molecule has 1 fully saturated rings. The van der Waals surface area contributed by atoms with Gasteiger partial charge in [0.25, 0.3) is 5.91 Å². The standard InChI is InChI=1S/C23H22FN3O4S/c24-19-6-2-1-5-18(19)14-25-9-11-26(12-10-25)23(28)22-13-17(16-32-22)15-31-21-8-4-3-7-20(21)27(29)30/h1-8,13,16H,9-12,14-15H2. The fourth-order valence-corrected chi connectivity index (χ4v) is 4.45. The molecular weight excluding hydrogens is 433 g/mol. The summed E-state index contributed by atoms with van der Waals surface area (Å²) in [5, 5.41) is 12.9. The molecule has 7 nitrogen and oxygen atoms in total. The molecule has 0 bridgehead atoms. The number of benzene rings is 2. The largest absolute Gasteiger partial charge is 0.482 e. The first-order chi connectivity index (χ1) is 15.5. The van der Waals surface area contributed by atoms with Gasteiger partial charge >= 0.3 is 5.69 Å². The molecule has 32 heavy (non-hydrogen) atoms. The molecule has 0 aliphatic carbocycles. The van der Waals surface area contributed by atoms with Crippen molar-refractivity contribution in [3.8, 4) is 5.75 Å². The van der Waals surface area contributed by atoms with Gasteiger partial charge in [0, 0.05) is 49.9 Å². The molecule has 3 aromatic rings. The number of para-hydroxylation sites is 2. The lowest BCUT2D eigenvalue weighted by Gasteiger charge is -2.34. The number of amides is 1. The van der Waals surface area contributed by atoms with E-state index in [1.807, 2.05) is 11.4 Å². The van der Waals surface area contributed by atoms with Gasteiger partial charge < -0.3 is 9.64 Å². The second-order valence-corrected chi connectivity index (χ2v) is 8.40. The van der Waals surface area contributed by atoms with Crippen LogP contribution < -0.4 is 4.74 Å². The Morgan fingerprint density at radius 3 is 2.56 bits per heavy atom. The topological polar surface area (TPSA) is 75.9 Å². The molecule has 0 radical (unpaired) electrons. The van der Waals surface area contributed by atoms with Gasteiger partial charge in [-0.05, 0) is 23.6 Å². The van der Waals surface area contributed by atoms with Gasteiger partial charge in [-0.1, -0.05) is 30.3 Å². The Morgan fingerprint density at radius 2 is 1.81 bits per heavy atom. The summed E-state index contributed by atoms with van der Waals surface area (Å²) < 4.78 is 19.5. The third kappa shape index (κ3) is 5.12. The Morgan fingerprint density at radius 1 is 1.09 bits per heavy atom. The summed E-state index contributed by atoms with van der Waals surface area (Å²) in [6.07, 6.45) is 0. The Bertz CT molecular complexity index is 1110. The smallest absolute Gasteiger partial charge is 0.310 e. The van der Waals surface area contributed by atoms with Crippen LogP contribution in [-0.4, -0.2) is 46.8 Å². The number of nitrogens with zero attached hydrogens (tertiary/aromatic N) is 3. The Labute approximate surface area is 188 Å². The highest BCUT2D eigenvalue weighted by Crippen LogP contribution is 2.27. The van der Waals surface area contributed by atoms with Crippen molar-refractivity contribution < 1.29 is 18.8 Å². The average molecular weight is 456 g/mol. The maximum Gasteiger partial charge on any atom is 0.310 e. The molecule has 4 rings (SSSR count). The zero-order valence-electron chi connectivity index (χ0n) is 17.3. The Hall–Kier alpha value is -3.30. The van der Waals surface area contributed by atoms with Gasteiger partial charge in [0.2, 0.25) is 0 Å². The number of carbonyl (C=O) groups excluding carboxylic acids is 1. The highest BCUT2D eigenvalue weighted by molar-refractivity contribution is 7.12. The zero-order chi connectivity index (χ0) is 22.5. The first kappa shape index (κ1) is 21.9. The number of ether oxygens (including phenoxy) is 1. The van der Waals surface area contributed by atoms with Gasteiger partial charge in [0.15, 0.2) is 5.75 Å². The van der Waals surface area contributed by atoms with Crippen LogP contribution in [0.5, 0.6) is 5.75 Å². The first-order valence-corrected chi connectivity index (χ1v) is 11.1. The molecule has 9 heteroatoms. The van der Waals surface area contributed by atoms with E-state index in [0.717, 1.165) is 5.56 Å². The highest BCUT2D eigenvalue weighted by Gasteiger charge is 2.24. The minimum absolute atomic E-state index is 0.0440. The van der Waals surface area contributed by atoms with Crippen LogP contribution in [0.1, 0.15) is 20.8 Å². The number of nitro benzene ring substituents is 1. The molecule has 1 aromatic heterocycles. The van der Waals surface area contributed by atoms with E-state index in [2.05, 4.69) is 4.90 Å². The molecular formula is C23H22FN3O4S. The minimum Gasteiger partial charge on any atom is -0.482 e. The normalized spacial score (nSPS) is 14.3. The molecule has 0 saturated carbocycles. The summed E-state index contributed by atoms with van der Waals surface area (Å²) in [4.78, 5) is 28.0. The summed E-state index contributed by atoms with van der Waals surface area (Å²) in [6.45, 7) is 3.19. The number of halogens is 1. The number of carbonyl (C=O) groups is 1. The lowest BCUT2D eigenvalue weighted by Crippen LogP contribution is -2.48. The van der Waals surface area contributed by atoms with Gasteiger partial charge in [-0.3, -0.25) is 19.8 Å². The summed E-state index contributed by atoms with van der Waals surface area (Å²) in [7, 11) is 0. The summed E-state index contributed by atoms with van der Waals surface area (Å²) in [5.41, 5.74) is 1.36. The van der Waals surface area contributed by atoms with Crippen molar-refractivity contribution in [1.29, 1.82) is 0 Å². The van der Waals surface area contributed by atoms with Crippen LogP contribution in [-0.2, 0) is 13.2 Å².